The summed E-state index contributed by atoms with van der Waals surface area (Å²) in [4.78, 5) is 7.37. The van der Waals surface area contributed by atoms with Crippen molar-refractivity contribution in [1.29, 1.82) is 0 Å². The molecule has 0 saturated carbocycles. The second-order valence-electron chi connectivity index (χ2n) is 4.20. The summed E-state index contributed by atoms with van der Waals surface area (Å²) in [6.45, 7) is 2.14. The molecule has 3 unspecified atom stereocenters. The molecule has 1 aromatic rings. The highest BCUT2D eigenvalue weighted by Crippen LogP contribution is 2.22. The lowest BCUT2D eigenvalue weighted by Crippen LogP contribution is -2.39. The highest BCUT2D eigenvalue weighted by molar-refractivity contribution is 4.94. The van der Waals surface area contributed by atoms with E-state index in [1.165, 1.54) is 6.42 Å². The van der Waals surface area contributed by atoms with Gasteiger partial charge in [-0.25, -0.2) is 4.98 Å². The van der Waals surface area contributed by atoms with Gasteiger partial charge in [0.2, 0.25) is 0 Å². The molecule has 1 saturated heterocycles. The van der Waals surface area contributed by atoms with E-state index >= 15 is 0 Å². The van der Waals surface area contributed by atoms with E-state index < -0.39 is 0 Å². The van der Waals surface area contributed by atoms with Crippen LogP contribution in [0.25, 0.3) is 0 Å². The second-order valence-corrected chi connectivity index (χ2v) is 4.20. The van der Waals surface area contributed by atoms with Crippen LogP contribution in [-0.2, 0) is 11.2 Å². The molecule has 0 bridgehead atoms. The van der Waals surface area contributed by atoms with E-state index in [1.54, 1.807) is 6.20 Å². The van der Waals surface area contributed by atoms with E-state index in [9.17, 15) is 0 Å². The Morgan fingerprint density at radius 1 is 1.67 bits per heavy atom. The number of imidazole rings is 1. The van der Waals surface area contributed by atoms with Crippen molar-refractivity contribution in [3.05, 3.63) is 18.2 Å². The number of H-pyrrole nitrogens is 1. The first-order valence-corrected chi connectivity index (χ1v) is 5.60. The molecule has 1 aliphatic heterocycles. The zero-order valence-corrected chi connectivity index (χ0v) is 9.36. The number of likely N-dealkylation sites (N-methyl/N-ethyl adjacent to an activating group) is 1. The van der Waals surface area contributed by atoms with E-state index in [-0.39, 0.29) is 0 Å². The molecule has 0 spiro atoms. The first kappa shape index (κ1) is 10.6. The normalized spacial score (nSPS) is 28.1. The first-order valence-electron chi connectivity index (χ1n) is 5.60. The predicted molar refractivity (Wildman–Crippen MR) is 58.7 cm³/mol. The number of aromatic amines is 1. The van der Waals surface area contributed by atoms with Gasteiger partial charge in [0, 0.05) is 24.9 Å². The zero-order chi connectivity index (χ0) is 10.7. The summed E-state index contributed by atoms with van der Waals surface area (Å²) in [7, 11) is 1.99. The topological polar surface area (TPSA) is 49.9 Å². The largest absolute Gasteiger partial charge is 0.374 e. The Labute approximate surface area is 90.4 Å². The Bertz CT molecular complexity index is 286. The molecule has 2 heterocycles. The minimum absolute atomic E-state index is 0.329. The molecule has 1 aromatic heterocycles. The fourth-order valence-corrected chi connectivity index (χ4v) is 2.17. The van der Waals surface area contributed by atoms with Crippen molar-refractivity contribution < 1.29 is 4.74 Å². The standard InChI is InChI=1S/C11H19N3O/c1-8-3-4-10(15-8)9(12-2)7-11-13-5-6-14-11/h5-6,8-10,12H,3-4,7H2,1-2H3,(H,13,14). The number of ether oxygens (including phenoxy) is 1. The van der Waals surface area contributed by atoms with Crippen molar-refractivity contribution in [2.45, 2.75) is 44.4 Å². The minimum Gasteiger partial charge on any atom is -0.374 e. The molecular weight excluding hydrogens is 190 g/mol. The predicted octanol–water partition coefficient (Wildman–Crippen LogP) is 1.11. The van der Waals surface area contributed by atoms with Crippen molar-refractivity contribution in [2.24, 2.45) is 0 Å². The summed E-state index contributed by atoms with van der Waals surface area (Å²) in [5.41, 5.74) is 0. The quantitative estimate of drug-likeness (QED) is 0.781. The van der Waals surface area contributed by atoms with Crippen LogP contribution in [0.5, 0.6) is 0 Å². The van der Waals surface area contributed by atoms with Crippen LogP contribution in [0.4, 0.5) is 0 Å². The minimum atomic E-state index is 0.329. The van der Waals surface area contributed by atoms with Crippen LogP contribution < -0.4 is 5.32 Å². The lowest BCUT2D eigenvalue weighted by Gasteiger charge is -2.22. The Kier molecular flexibility index (Phi) is 3.38. The van der Waals surface area contributed by atoms with Crippen molar-refractivity contribution in [3.8, 4) is 0 Å². The molecule has 0 amide bonds. The molecule has 1 aliphatic rings. The monoisotopic (exact) mass is 209 g/mol. The lowest BCUT2D eigenvalue weighted by atomic mass is 10.0. The first-order chi connectivity index (χ1) is 7.29. The number of nitrogens with one attached hydrogen (secondary N) is 2. The molecule has 3 atom stereocenters. The maximum absolute atomic E-state index is 5.86. The fourth-order valence-electron chi connectivity index (χ4n) is 2.17. The van der Waals surface area contributed by atoms with E-state index in [0.29, 0.717) is 18.2 Å². The van der Waals surface area contributed by atoms with E-state index in [4.69, 9.17) is 4.74 Å². The smallest absolute Gasteiger partial charge is 0.107 e. The molecular formula is C11H19N3O. The summed E-state index contributed by atoms with van der Waals surface area (Å²) in [5.74, 6) is 1.03. The van der Waals surface area contributed by atoms with Gasteiger partial charge >= 0.3 is 0 Å². The van der Waals surface area contributed by atoms with Crippen LogP contribution in [0.1, 0.15) is 25.6 Å². The molecule has 1 fully saturated rings. The summed E-state index contributed by atoms with van der Waals surface area (Å²) in [5, 5.41) is 3.32. The Morgan fingerprint density at radius 3 is 3.07 bits per heavy atom. The highest BCUT2D eigenvalue weighted by atomic mass is 16.5. The number of rotatable bonds is 4. The third kappa shape index (κ3) is 2.58. The van der Waals surface area contributed by atoms with Crippen LogP contribution in [0, 0.1) is 0 Å². The maximum atomic E-state index is 5.86. The van der Waals surface area contributed by atoms with Crippen molar-refractivity contribution in [2.75, 3.05) is 7.05 Å². The Balaban J connectivity index is 1.92. The number of aromatic nitrogens is 2. The van der Waals surface area contributed by atoms with E-state index in [2.05, 4.69) is 22.2 Å². The molecule has 0 radical (unpaired) electrons. The van der Waals surface area contributed by atoms with Gasteiger partial charge in [0.25, 0.3) is 0 Å². The summed E-state index contributed by atoms with van der Waals surface area (Å²) in [6.07, 6.45) is 7.60. The van der Waals surface area contributed by atoms with Gasteiger partial charge in [-0.05, 0) is 26.8 Å². The van der Waals surface area contributed by atoms with Crippen LogP contribution >= 0.6 is 0 Å². The summed E-state index contributed by atoms with van der Waals surface area (Å²) in [6, 6.07) is 0.362. The molecule has 15 heavy (non-hydrogen) atoms. The van der Waals surface area contributed by atoms with Gasteiger partial charge in [-0.15, -0.1) is 0 Å². The summed E-state index contributed by atoms with van der Waals surface area (Å²) < 4.78 is 5.86. The highest BCUT2D eigenvalue weighted by Gasteiger charge is 2.29. The Hall–Kier alpha value is -0.870. The number of hydrogen-bond donors (Lipinski definition) is 2. The third-order valence-electron chi connectivity index (χ3n) is 3.05. The lowest BCUT2D eigenvalue weighted by molar-refractivity contribution is 0.0333. The number of hydrogen-bond acceptors (Lipinski definition) is 3. The maximum Gasteiger partial charge on any atom is 0.107 e. The Morgan fingerprint density at radius 2 is 2.53 bits per heavy atom. The SMILES string of the molecule is CNC(Cc1ncc[nH]1)C1CCC(C)O1. The number of nitrogens with zero attached hydrogens (tertiary/aromatic N) is 1. The molecule has 4 nitrogen and oxygen atoms in total. The van der Waals surface area contributed by atoms with Gasteiger partial charge in [-0.2, -0.15) is 0 Å². The molecule has 84 valence electrons. The third-order valence-corrected chi connectivity index (χ3v) is 3.05. The molecule has 2 rings (SSSR count). The van der Waals surface area contributed by atoms with Crippen LogP contribution in [0.2, 0.25) is 0 Å². The van der Waals surface area contributed by atoms with Gasteiger partial charge in [0.05, 0.1) is 12.2 Å². The molecule has 0 aliphatic carbocycles. The molecule has 2 N–H and O–H groups in total. The van der Waals surface area contributed by atoms with Gasteiger partial charge < -0.3 is 15.0 Å². The van der Waals surface area contributed by atoms with Gasteiger partial charge in [-0.1, -0.05) is 0 Å². The molecule has 0 aromatic carbocycles. The van der Waals surface area contributed by atoms with Gasteiger partial charge in [0.15, 0.2) is 0 Å². The van der Waals surface area contributed by atoms with Gasteiger partial charge in [0.1, 0.15) is 5.82 Å². The molecule has 4 heteroatoms. The van der Waals surface area contributed by atoms with Crippen molar-refractivity contribution >= 4 is 0 Å². The fraction of sp³-hybridized carbons (Fsp3) is 0.727. The second kappa shape index (κ2) is 4.77. The van der Waals surface area contributed by atoms with Crippen LogP contribution in [-0.4, -0.2) is 35.3 Å². The van der Waals surface area contributed by atoms with Crippen molar-refractivity contribution in [1.82, 2.24) is 15.3 Å². The average Bonchev–Trinajstić information content (AvgIpc) is 2.85. The van der Waals surface area contributed by atoms with E-state index in [1.807, 2.05) is 13.2 Å². The zero-order valence-electron chi connectivity index (χ0n) is 9.36. The van der Waals surface area contributed by atoms with E-state index in [0.717, 1.165) is 18.7 Å². The van der Waals surface area contributed by atoms with Crippen LogP contribution in [0.15, 0.2) is 12.4 Å². The van der Waals surface area contributed by atoms with Gasteiger partial charge in [-0.3, -0.25) is 0 Å². The average molecular weight is 209 g/mol. The summed E-state index contributed by atoms with van der Waals surface area (Å²) >= 11 is 0. The van der Waals surface area contributed by atoms with Crippen molar-refractivity contribution in [3.63, 3.8) is 0 Å². The van der Waals surface area contributed by atoms with Crippen LogP contribution in [0.3, 0.4) is 0 Å².